The van der Waals surface area contributed by atoms with Crippen molar-refractivity contribution in [2.45, 2.75) is 72.4 Å². The highest BCUT2D eigenvalue weighted by molar-refractivity contribution is 7.80. The minimum Gasteiger partial charge on any atom is -0.364 e. The van der Waals surface area contributed by atoms with E-state index < -0.39 is 11.8 Å². The number of aryl methyl sites for hydroxylation is 2. The van der Waals surface area contributed by atoms with Crippen LogP contribution in [0.4, 0.5) is 11.4 Å². The molecule has 2 aliphatic rings. The number of fused-ring (bicyclic) bond motifs is 1. The molecule has 178 valence electrons. The monoisotopic (exact) mass is 475 g/mol. The maximum Gasteiger partial charge on any atom is 0.270 e. The highest BCUT2D eigenvalue weighted by Gasteiger charge is 2.38. The van der Waals surface area contributed by atoms with Gasteiger partial charge in [0.15, 0.2) is 5.11 Å². The van der Waals surface area contributed by atoms with Gasteiger partial charge in [0.2, 0.25) is 0 Å². The molecule has 1 saturated heterocycles. The third kappa shape index (κ3) is 4.16. The van der Waals surface area contributed by atoms with Crippen molar-refractivity contribution in [2.75, 3.05) is 9.80 Å². The van der Waals surface area contributed by atoms with Gasteiger partial charge in [-0.1, -0.05) is 19.1 Å². The molecule has 0 radical (unpaired) electrons. The van der Waals surface area contributed by atoms with Crippen LogP contribution in [0, 0.1) is 13.8 Å². The highest BCUT2D eigenvalue weighted by atomic mass is 32.1. The number of amides is 2. The second kappa shape index (κ2) is 8.66. The first-order chi connectivity index (χ1) is 15.9. The molecule has 5 nitrogen and oxygen atoms in total. The molecule has 2 aliphatic heterocycles. The van der Waals surface area contributed by atoms with E-state index >= 15 is 0 Å². The van der Waals surface area contributed by atoms with E-state index in [1.165, 1.54) is 16.2 Å². The van der Waals surface area contributed by atoms with E-state index in [4.69, 9.17) is 12.2 Å². The summed E-state index contributed by atoms with van der Waals surface area (Å²) in [6.45, 7) is 15.3. The van der Waals surface area contributed by atoms with Crippen molar-refractivity contribution in [2.24, 2.45) is 0 Å². The highest BCUT2D eigenvalue weighted by Crippen LogP contribution is 2.44. The van der Waals surface area contributed by atoms with Gasteiger partial charge in [-0.25, -0.2) is 0 Å². The number of rotatable bonds is 3. The van der Waals surface area contributed by atoms with Gasteiger partial charge in [0.25, 0.3) is 11.8 Å². The normalized spacial score (nSPS) is 21.2. The van der Waals surface area contributed by atoms with Crippen LogP contribution in [-0.2, 0) is 9.59 Å². The van der Waals surface area contributed by atoms with Crippen molar-refractivity contribution in [1.29, 1.82) is 0 Å². The number of anilines is 2. The fourth-order valence-corrected chi connectivity index (χ4v) is 5.74. The molecule has 0 unspecified atom stereocenters. The Morgan fingerprint density at radius 1 is 1.09 bits per heavy atom. The number of nitrogens with one attached hydrogen (secondary N) is 1. The number of carbonyl (C=O) groups excluding carboxylic acids is 2. The zero-order chi connectivity index (χ0) is 24.9. The Morgan fingerprint density at radius 2 is 1.79 bits per heavy atom. The lowest BCUT2D eigenvalue weighted by Gasteiger charge is -2.50. The molecular weight excluding hydrogens is 442 g/mol. The first kappa shape index (κ1) is 24.1. The van der Waals surface area contributed by atoms with Crippen LogP contribution in [0.5, 0.6) is 0 Å². The topological polar surface area (TPSA) is 52.7 Å². The average molecular weight is 476 g/mol. The minimum absolute atomic E-state index is 0.0577. The van der Waals surface area contributed by atoms with Crippen LogP contribution in [0.2, 0.25) is 0 Å². The summed E-state index contributed by atoms with van der Waals surface area (Å²) in [4.78, 5) is 30.1. The first-order valence-corrected chi connectivity index (χ1v) is 12.2. The zero-order valence-electron chi connectivity index (χ0n) is 21.0. The van der Waals surface area contributed by atoms with Crippen LogP contribution < -0.4 is 15.1 Å². The standard InChI is InChI=1S/C28H33N3O2S/c1-16(2)31-24-11-9-20(13-22(24)19(5)15-28(31,6)7)14-23-25(32)29-27(34)30(26(23)33)21-10-8-17(3)18(4)12-21/h8-14,16,19H,15H2,1-7H3,(H,29,32,34)/b23-14+/t19-/m0/s1. The van der Waals surface area contributed by atoms with Crippen LogP contribution in [0.3, 0.4) is 0 Å². The van der Waals surface area contributed by atoms with Gasteiger partial charge in [0.1, 0.15) is 5.57 Å². The summed E-state index contributed by atoms with van der Waals surface area (Å²) >= 11 is 5.35. The molecule has 2 aromatic rings. The van der Waals surface area contributed by atoms with Crippen molar-refractivity contribution in [3.63, 3.8) is 0 Å². The van der Waals surface area contributed by atoms with E-state index in [0.29, 0.717) is 17.6 Å². The minimum atomic E-state index is -0.467. The lowest BCUT2D eigenvalue weighted by Crippen LogP contribution is -2.54. The fraction of sp³-hybridized carbons (Fsp3) is 0.393. The van der Waals surface area contributed by atoms with Crippen molar-refractivity contribution < 1.29 is 9.59 Å². The molecular formula is C28H33N3O2S. The summed E-state index contributed by atoms with van der Waals surface area (Å²) in [6.07, 6.45) is 2.71. The average Bonchev–Trinajstić information content (AvgIpc) is 2.73. The number of nitrogens with zero attached hydrogens (tertiary/aromatic N) is 2. The van der Waals surface area contributed by atoms with Gasteiger partial charge >= 0.3 is 0 Å². The van der Waals surface area contributed by atoms with Crippen LogP contribution in [0.25, 0.3) is 6.08 Å². The van der Waals surface area contributed by atoms with Gasteiger partial charge in [-0.15, -0.1) is 0 Å². The van der Waals surface area contributed by atoms with E-state index in [1.54, 1.807) is 6.08 Å². The largest absolute Gasteiger partial charge is 0.364 e. The molecule has 2 heterocycles. The second-order valence-electron chi connectivity index (χ2n) is 10.4. The number of benzene rings is 2. The molecule has 6 heteroatoms. The predicted molar refractivity (Wildman–Crippen MR) is 143 cm³/mol. The van der Waals surface area contributed by atoms with Crippen LogP contribution in [-0.4, -0.2) is 28.5 Å². The molecule has 34 heavy (non-hydrogen) atoms. The SMILES string of the molecule is Cc1ccc(N2C(=O)/C(=C/c3ccc4c(c3)[C@@H](C)CC(C)(C)N4C(C)C)C(=O)NC2=S)cc1C. The Kier molecular flexibility index (Phi) is 6.15. The second-order valence-corrected chi connectivity index (χ2v) is 10.8. The Balaban J connectivity index is 1.74. The molecule has 4 rings (SSSR count). The van der Waals surface area contributed by atoms with Crippen molar-refractivity contribution >= 4 is 46.6 Å². The fourth-order valence-electron chi connectivity index (χ4n) is 5.46. The lowest BCUT2D eigenvalue weighted by molar-refractivity contribution is -0.122. The van der Waals surface area contributed by atoms with Crippen molar-refractivity contribution in [3.05, 3.63) is 64.2 Å². The third-order valence-electron chi connectivity index (χ3n) is 6.98. The molecule has 2 amide bonds. The Labute approximate surface area is 207 Å². The molecule has 1 fully saturated rings. The smallest absolute Gasteiger partial charge is 0.270 e. The number of thiocarbonyl (C=S) groups is 1. The van der Waals surface area contributed by atoms with E-state index in [1.807, 2.05) is 38.1 Å². The van der Waals surface area contributed by atoms with Gasteiger partial charge in [-0.05, 0) is 119 Å². The molecule has 1 atom stereocenters. The number of hydrogen-bond donors (Lipinski definition) is 1. The summed E-state index contributed by atoms with van der Waals surface area (Å²) < 4.78 is 0. The van der Waals surface area contributed by atoms with Crippen LogP contribution in [0.1, 0.15) is 69.2 Å². The van der Waals surface area contributed by atoms with Crippen molar-refractivity contribution in [3.8, 4) is 0 Å². The van der Waals surface area contributed by atoms with Gasteiger partial charge in [0, 0.05) is 17.3 Å². The van der Waals surface area contributed by atoms with Gasteiger partial charge in [-0.2, -0.15) is 0 Å². The van der Waals surface area contributed by atoms with Gasteiger partial charge in [0.05, 0.1) is 5.69 Å². The Hall–Kier alpha value is -2.99. The Bertz CT molecular complexity index is 1230. The van der Waals surface area contributed by atoms with E-state index in [-0.39, 0.29) is 16.2 Å². The van der Waals surface area contributed by atoms with E-state index in [0.717, 1.165) is 23.1 Å². The van der Waals surface area contributed by atoms with Crippen LogP contribution >= 0.6 is 12.2 Å². The summed E-state index contributed by atoms with van der Waals surface area (Å²) in [7, 11) is 0. The predicted octanol–water partition coefficient (Wildman–Crippen LogP) is 5.64. The maximum absolute atomic E-state index is 13.4. The zero-order valence-corrected chi connectivity index (χ0v) is 21.8. The molecule has 0 spiro atoms. The van der Waals surface area contributed by atoms with Gasteiger partial charge in [-0.3, -0.25) is 19.8 Å². The molecule has 0 bridgehead atoms. The third-order valence-corrected chi connectivity index (χ3v) is 7.26. The molecule has 0 saturated carbocycles. The lowest BCUT2D eigenvalue weighted by atomic mass is 9.78. The molecule has 0 aliphatic carbocycles. The molecule has 0 aromatic heterocycles. The summed E-state index contributed by atoms with van der Waals surface area (Å²) in [5.74, 6) is -0.507. The summed E-state index contributed by atoms with van der Waals surface area (Å²) in [5, 5.41) is 2.79. The maximum atomic E-state index is 13.4. The Morgan fingerprint density at radius 3 is 2.44 bits per heavy atom. The quantitative estimate of drug-likeness (QED) is 0.355. The van der Waals surface area contributed by atoms with Gasteiger partial charge < -0.3 is 4.90 Å². The molecule has 2 aromatic carbocycles. The van der Waals surface area contributed by atoms with Crippen LogP contribution in [0.15, 0.2) is 42.0 Å². The first-order valence-electron chi connectivity index (χ1n) is 11.8. The van der Waals surface area contributed by atoms with E-state index in [9.17, 15) is 9.59 Å². The summed E-state index contributed by atoms with van der Waals surface area (Å²) in [5.41, 5.74) is 6.26. The number of carbonyl (C=O) groups is 2. The summed E-state index contributed by atoms with van der Waals surface area (Å²) in [6, 6.07) is 12.3. The number of hydrogen-bond acceptors (Lipinski definition) is 4. The molecule has 1 N–H and O–H groups in total. The van der Waals surface area contributed by atoms with Crippen molar-refractivity contribution in [1.82, 2.24) is 5.32 Å². The van der Waals surface area contributed by atoms with E-state index in [2.05, 4.69) is 57.0 Å².